The molecular weight excluding hydrogens is 223 g/mol. The van der Waals surface area contributed by atoms with Crippen molar-refractivity contribution in [2.45, 2.75) is 65.2 Å². The van der Waals surface area contributed by atoms with Gasteiger partial charge in [-0.3, -0.25) is 4.57 Å². The van der Waals surface area contributed by atoms with E-state index >= 15 is 0 Å². The molecule has 0 saturated heterocycles. The second-order valence-electron chi connectivity index (χ2n) is 4.26. The van der Waals surface area contributed by atoms with Crippen LogP contribution in [0.1, 0.15) is 65.2 Å². The zero-order valence-electron chi connectivity index (χ0n) is 10.8. The lowest BCUT2D eigenvalue weighted by Crippen LogP contribution is -1.94. The molecule has 0 rings (SSSR count). The zero-order chi connectivity index (χ0) is 12.3. The van der Waals surface area contributed by atoms with E-state index in [4.69, 9.17) is 9.42 Å². The number of hydrogen-bond acceptors (Lipinski definition) is 2. The van der Waals surface area contributed by atoms with Crippen LogP contribution in [0.25, 0.3) is 0 Å². The molecule has 0 aromatic rings. The lowest BCUT2D eigenvalue weighted by molar-refractivity contribution is 0.253. The third-order valence-electron chi connectivity index (χ3n) is 2.69. The highest BCUT2D eigenvalue weighted by molar-refractivity contribution is 7.52. The van der Waals surface area contributed by atoms with Gasteiger partial charge in [-0.1, -0.05) is 58.8 Å². The summed E-state index contributed by atoms with van der Waals surface area (Å²) in [4.78, 5) is 9.16. The normalized spacial score (nSPS) is 14.9. The van der Waals surface area contributed by atoms with Gasteiger partial charge in [-0.25, -0.2) is 0 Å². The minimum atomic E-state index is -3.24. The van der Waals surface area contributed by atoms with E-state index < -0.39 is 7.60 Å². The third kappa shape index (κ3) is 10.7. The van der Waals surface area contributed by atoms with Crippen LogP contribution in [-0.4, -0.2) is 17.7 Å². The van der Waals surface area contributed by atoms with Gasteiger partial charge < -0.3 is 9.42 Å². The minimum Gasteiger partial charge on any atom is -0.324 e. The van der Waals surface area contributed by atoms with E-state index in [9.17, 15) is 4.57 Å². The van der Waals surface area contributed by atoms with Gasteiger partial charge in [0, 0.05) is 6.16 Å². The zero-order valence-corrected chi connectivity index (χ0v) is 11.7. The number of unbranched alkanes of at least 4 members (excludes halogenated alkanes) is 7. The van der Waals surface area contributed by atoms with Gasteiger partial charge in [0.25, 0.3) is 0 Å². The first kappa shape index (κ1) is 16.1. The minimum absolute atomic E-state index is 0.212. The Morgan fingerprint density at radius 1 is 0.938 bits per heavy atom. The Kier molecular flexibility index (Phi) is 10.4. The number of rotatable bonds is 11. The summed E-state index contributed by atoms with van der Waals surface area (Å²) < 4.78 is 16.1. The van der Waals surface area contributed by atoms with Gasteiger partial charge in [0.15, 0.2) is 0 Å². The number of hydrogen-bond donors (Lipinski definition) is 1. The van der Waals surface area contributed by atoms with Gasteiger partial charge in [-0.2, -0.15) is 0 Å². The van der Waals surface area contributed by atoms with Gasteiger partial charge in [0.2, 0.25) is 0 Å². The van der Waals surface area contributed by atoms with E-state index in [2.05, 4.69) is 6.92 Å². The van der Waals surface area contributed by atoms with Gasteiger partial charge in [0.1, 0.15) is 0 Å². The molecule has 0 fully saturated rings. The Hall–Kier alpha value is 0.150. The Labute approximate surface area is 100 Å². The summed E-state index contributed by atoms with van der Waals surface area (Å²) in [6, 6.07) is 0. The molecule has 0 aliphatic heterocycles. The molecule has 4 heteroatoms. The quantitative estimate of drug-likeness (QED) is 0.438. The predicted octanol–water partition coefficient (Wildman–Crippen LogP) is 4.35. The first-order valence-electron chi connectivity index (χ1n) is 6.58. The van der Waals surface area contributed by atoms with Crippen LogP contribution < -0.4 is 0 Å². The molecule has 1 unspecified atom stereocenters. The maximum absolute atomic E-state index is 11.1. The predicted molar refractivity (Wildman–Crippen MR) is 68.9 cm³/mol. The fourth-order valence-electron chi connectivity index (χ4n) is 1.53. The van der Waals surface area contributed by atoms with Crippen molar-refractivity contribution in [1.29, 1.82) is 0 Å². The van der Waals surface area contributed by atoms with Crippen LogP contribution in [0.5, 0.6) is 0 Å². The Morgan fingerprint density at radius 3 is 1.94 bits per heavy atom. The summed E-state index contributed by atoms with van der Waals surface area (Å²) in [7, 11) is -3.24. The van der Waals surface area contributed by atoms with Gasteiger partial charge >= 0.3 is 7.60 Å². The average Bonchev–Trinajstić information content (AvgIpc) is 2.27. The van der Waals surface area contributed by atoms with Gasteiger partial charge in [-0.15, -0.1) is 0 Å². The highest BCUT2D eigenvalue weighted by atomic mass is 31.2. The second kappa shape index (κ2) is 10.3. The van der Waals surface area contributed by atoms with Crippen molar-refractivity contribution < 1.29 is 14.0 Å². The summed E-state index contributed by atoms with van der Waals surface area (Å²) in [5, 5.41) is 0. The average molecular weight is 250 g/mol. The molecular formula is C12H27O3P. The summed E-state index contributed by atoms with van der Waals surface area (Å²) in [6.07, 6.45) is 10.0. The highest BCUT2D eigenvalue weighted by Crippen LogP contribution is 2.41. The van der Waals surface area contributed by atoms with E-state index in [1.54, 1.807) is 6.92 Å². The molecule has 0 aliphatic rings. The molecule has 1 N–H and O–H groups in total. The molecule has 98 valence electrons. The van der Waals surface area contributed by atoms with Crippen LogP contribution in [0.3, 0.4) is 0 Å². The van der Waals surface area contributed by atoms with Gasteiger partial charge in [-0.05, 0) is 6.42 Å². The second-order valence-corrected chi connectivity index (χ2v) is 6.43. The topological polar surface area (TPSA) is 46.5 Å². The lowest BCUT2D eigenvalue weighted by atomic mass is 10.1. The summed E-state index contributed by atoms with van der Waals surface area (Å²) >= 11 is 0. The van der Waals surface area contributed by atoms with Crippen LogP contribution in [0.15, 0.2) is 0 Å². The lowest BCUT2D eigenvalue weighted by Gasteiger charge is -2.09. The van der Waals surface area contributed by atoms with E-state index in [1.807, 2.05) is 0 Å². The van der Waals surface area contributed by atoms with E-state index in [1.165, 1.54) is 38.5 Å². The highest BCUT2D eigenvalue weighted by Gasteiger charge is 2.14. The fourth-order valence-corrected chi connectivity index (χ4v) is 2.13. The van der Waals surface area contributed by atoms with E-state index in [-0.39, 0.29) is 6.16 Å². The van der Waals surface area contributed by atoms with Crippen molar-refractivity contribution in [3.05, 3.63) is 0 Å². The Morgan fingerprint density at radius 2 is 1.44 bits per heavy atom. The fraction of sp³-hybridized carbons (Fsp3) is 1.00. The maximum Gasteiger partial charge on any atom is 0.327 e. The molecule has 0 spiro atoms. The smallest absolute Gasteiger partial charge is 0.324 e. The van der Waals surface area contributed by atoms with Crippen LogP contribution in [0.4, 0.5) is 0 Å². The van der Waals surface area contributed by atoms with Crippen molar-refractivity contribution in [2.75, 3.05) is 12.8 Å². The first-order valence-corrected chi connectivity index (χ1v) is 8.35. The monoisotopic (exact) mass is 250 g/mol. The van der Waals surface area contributed by atoms with Crippen molar-refractivity contribution in [2.24, 2.45) is 0 Å². The molecule has 0 aromatic carbocycles. The van der Waals surface area contributed by atoms with Gasteiger partial charge in [0.05, 0.1) is 6.61 Å². The van der Waals surface area contributed by atoms with E-state index in [0.29, 0.717) is 6.61 Å². The molecule has 0 aromatic heterocycles. The first-order chi connectivity index (χ1) is 7.62. The molecule has 0 saturated carbocycles. The van der Waals surface area contributed by atoms with Crippen LogP contribution in [-0.2, 0) is 9.09 Å². The standard InChI is InChI=1S/C12H27O3P/c1-3-5-6-7-8-9-10-11-12-15-16(13,14)4-2/h3-12H2,1-2H3,(H,13,14). The molecule has 3 nitrogen and oxygen atoms in total. The summed E-state index contributed by atoms with van der Waals surface area (Å²) in [5.74, 6) is 0. The van der Waals surface area contributed by atoms with Crippen molar-refractivity contribution in [3.63, 3.8) is 0 Å². The van der Waals surface area contributed by atoms with Crippen molar-refractivity contribution in [3.8, 4) is 0 Å². The van der Waals surface area contributed by atoms with Crippen LogP contribution in [0.2, 0.25) is 0 Å². The molecule has 0 bridgehead atoms. The third-order valence-corrected chi connectivity index (χ3v) is 4.08. The molecule has 1 atom stereocenters. The van der Waals surface area contributed by atoms with E-state index in [0.717, 1.165) is 12.8 Å². The molecule has 0 heterocycles. The molecule has 0 radical (unpaired) electrons. The Balaban J connectivity index is 3.13. The summed E-state index contributed by atoms with van der Waals surface area (Å²) in [6.45, 7) is 4.32. The summed E-state index contributed by atoms with van der Waals surface area (Å²) in [5.41, 5.74) is 0. The van der Waals surface area contributed by atoms with Crippen LogP contribution in [0, 0.1) is 0 Å². The molecule has 0 aliphatic carbocycles. The largest absolute Gasteiger partial charge is 0.327 e. The van der Waals surface area contributed by atoms with Crippen molar-refractivity contribution >= 4 is 7.60 Å². The SMILES string of the molecule is CCCCCCCCCCOP(=O)(O)CC. The molecule has 0 amide bonds. The van der Waals surface area contributed by atoms with Crippen molar-refractivity contribution in [1.82, 2.24) is 0 Å². The maximum atomic E-state index is 11.1. The Bertz CT molecular complexity index is 195. The molecule has 16 heavy (non-hydrogen) atoms. The van der Waals surface area contributed by atoms with Crippen LogP contribution >= 0.6 is 7.60 Å².